The first-order valence-corrected chi connectivity index (χ1v) is 7.24. The molecule has 0 unspecified atom stereocenters. The molecule has 0 saturated carbocycles. The Bertz CT molecular complexity index is 872. The van der Waals surface area contributed by atoms with Gasteiger partial charge in [-0.1, -0.05) is 36.4 Å². The number of carboxylic acid groups (broad SMARTS) is 1. The summed E-state index contributed by atoms with van der Waals surface area (Å²) in [4.78, 5) is 15.7. The second-order valence-electron chi connectivity index (χ2n) is 5.00. The quantitative estimate of drug-likeness (QED) is 0.780. The molecule has 1 aromatic heterocycles. The average molecular weight is 324 g/mol. The number of rotatable bonds is 5. The minimum atomic E-state index is -1.09. The van der Waals surface area contributed by atoms with Crippen LogP contribution in [0.25, 0.3) is 16.9 Å². The van der Waals surface area contributed by atoms with Crippen LogP contribution >= 0.6 is 0 Å². The molecule has 6 heteroatoms. The van der Waals surface area contributed by atoms with Gasteiger partial charge in [-0.25, -0.2) is 9.78 Å². The van der Waals surface area contributed by atoms with Gasteiger partial charge in [-0.2, -0.15) is 0 Å². The monoisotopic (exact) mass is 324 g/mol. The third-order valence-electron chi connectivity index (χ3n) is 3.66. The van der Waals surface area contributed by atoms with Crippen molar-refractivity contribution in [3.05, 3.63) is 60.6 Å². The number of nitrogens with zero attached hydrogens (tertiary/aromatic N) is 2. The second-order valence-corrected chi connectivity index (χ2v) is 5.00. The van der Waals surface area contributed by atoms with Crippen LogP contribution in [0.15, 0.2) is 54.9 Å². The molecule has 1 heterocycles. The van der Waals surface area contributed by atoms with E-state index in [4.69, 9.17) is 9.47 Å². The largest absolute Gasteiger partial charge is 0.493 e. The van der Waals surface area contributed by atoms with E-state index in [9.17, 15) is 9.90 Å². The van der Waals surface area contributed by atoms with E-state index in [1.807, 2.05) is 42.5 Å². The van der Waals surface area contributed by atoms with Crippen molar-refractivity contribution >= 4 is 5.97 Å². The van der Waals surface area contributed by atoms with Crippen molar-refractivity contribution in [2.45, 2.75) is 0 Å². The first kappa shape index (κ1) is 15.6. The van der Waals surface area contributed by atoms with Crippen LogP contribution < -0.4 is 9.47 Å². The fourth-order valence-electron chi connectivity index (χ4n) is 2.62. The summed E-state index contributed by atoms with van der Waals surface area (Å²) in [6, 6.07) is 14.7. The molecule has 24 heavy (non-hydrogen) atoms. The SMILES string of the molecule is COc1cccc(-n2cnc(C(=O)O)c2-c2ccccc2)c1OC. The second kappa shape index (κ2) is 6.45. The van der Waals surface area contributed by atoms with E-state index in [-0.39, 0.29) is 5.69 Å². The lowest BCUT2D eigenvalue weighted by Gasteiger charge is -2.15. The number of methoxy groups -OCH3 is 2. The number of hydrogen-bond acceptors (Lipinski definition) is 4. The van der Waals surface area contributed by atoms with Gasteiger partial charge in [0, 0.05) is 5.56 Å². The molecule has 122 valence electrons. The highest BCUT2D eigenvalue weighted by atomic mass is 16.5. The Labute approximate surface area is 138 Å². The maximum atomic E-state index is 11.6. The van der Waals surface area contributed by atoms with E-state index < -0.39 is 5.97 Å². The van der Waals surface area contributed by atoms with Crippen molar-refractivity contribution in [2.75, 3.05) is 14.2 Å². The molecule has 0 amide bonds. The van der Waals surface area contributed by atoms with Crippen molar-refractivity contribution in [3.63, 3.8) is 0 Å². The van der Waals surface area contributed by atoms with Gasteiger partial charge < -0.3 is 14.6 Å². The third-order valence-corrected chi connectivity index (χ3v) is 3.66. The zero-order valence-corrected chi connectivity index (χ0v) is 13.3. The zero-order valence-electron chi connectivity index (χ0n) is 13.3. The van der Waals surface area contributed by atoms with E-state index in [1.54, 1.807) is 24.9 Å². The highest BCUT2D eigenvalue weighted by Crippen LogP contribution is 2.36. The van der Waals surface area contributed by atoms with Crippen molar-refractivity contribution in [1.82, 2.24) is 9.55 Å². The van der Waals surface area contributed by atoms with Gasteiger partial charge in [-0.05, 0) is 12.1 Å². The zero-order chi connectivity index (χ0) is 17.1. The van der Waals surface area contributed by atoms with Crippen molar-refractivity contribution in [2.24, 2.45) is 0 Å². The number of benzene rings is 2. The normalized spacial score (nSPS) is 10.4. The molecule has 0 spiro atoms. The fraction of sp³-hybridized carbons (Fsp3) is 0.111. The molecule has 0 bridgehead atoms. The topological polar surface area (TPSA) is 73.6 Å². The Morgan fingerprint density at radius 1 is 1.04 bits per heavy atom. The van der Waals surface area contributed by atoms with Gasteiger partial charge in [0.05, 0.1) is 25.6 Å². The average Bonchev–Trinajstić information content (AvgIpc) is 3.06. The van der Waals surface area contributed by atoms with Crippen molar-refractivity contribution in [3.8, 4) is 28.4 Å². The van der Waals surface area contributed by atoms with Crippen LogP contribution in [0.1, 0.15) is 10.5 Å². The molecule has 2 aromatic carbocycles. The van der Waals surface area contributed by atoms with Crippen LogP contribution in [0.3, 0.4) is 0 Å². The number of carboxylic acids is 1. The van der Waals surface area contributed by atoms with Crippen LogP contribution in [0.2, 0.25) is 0 Å². The van der Waals surface area contributed by atoms with E-state index in [0.717, 1.165) is 5.56 Å². The Morgan fingerprint density at radius 2 is 1.79 bits per heavy atom. The molecule has 0 aliphatic heterocycles. The summed E-state index contributed by atoms with van der Waals surface area (Å²) >= 11 is 0. The van der Waals surface area contributed by atoms with Crippen LogP contribution in [0, 0.1) is 0 Å². The van der Waals surface area contributed by atoms with Crippen LogP contribution in [-0.4, -0.2) is 34.8 Å². The predicted octanol–water partition coefficient (Wildman–Crippen LogP) is 3.25. The first-order valence-electron chi connectivity index (χ1n) is 7.24. The number of carbonyl (C=O) groups is 1. The van der Waals surface area contributed by atoms with E-state index >= 15 is 0 Å². The highest BCUT2D eigenvalue weighted by molar-refractivity contribution is 5.93. The maximum Gasteiger partial charge on any atom is 0.356 e. The number of imidazole rings is 1. The lowest BCUT2D eigenvalue weighted by molar-refractivity contribution is 0.0692. The van der Waals surface area contributed by atoms with Gasteiger partial charge >= 0.3 is 5.97 Å². The molecular weight excluding hydrogens is 308 g/mol. The van der Waals surface area contributed by atoms with E-state index in [0.29, 0.717) is 22.9 Å². The summed E-state index contributed by atoms with van der Waals surface area (Å²) in [6.07, 6.45) is 1.48. The van der Waals surface area contributed by atoms with Gasteiger partial charge in [0.15, 0.2) is 17.2 Å². The minimum Gasteiger partial charge on any atom is -0.493 e. The van der Waals surface area contributed by atoms with E-state index in [2.05, 4.69) is 4.98 Å². The molecule has 0 radical (unpaired) electrons. The van der Waals surface area contributed by atoms with Gasteiger partial charge in [-0.15, -0.1) is 0 Å². The Kier molecular flexibility index (Phi) is 4.20. The summed E-state index contributed by atoms with van der Waals surface area (Å²) in [5.74, 6) is -0.0272. The van der Waals surface area contributed by atoms with Crippen LogP contribution in [-0.2, 0) is 0 Å². The van der Waals surface area contributed by atoms with Gasteiger partial charge in [0.25, 0.3) is 0 Å². The van der Waals surface area contributed by atoms with Crippen molar-refractivity contribution < 1.29 is 19.4 Å². The molecular formula is C18H16N2O4. The van der Waals surface area contributed by atoms with Gasteiger partial charge in [-0.3, -0.25) is 4.57 Å². The summed E-state index contributed by atoms with van der Waals surface area (Å²) in [5.41, 5.74) is 1.86. The van der Waals surface area contributed by atoms with Crippen LogP contribution in [0.4, 0.5) is 0 Å². The van der Waals surface area contributed by atoms with Crippen LogP contribution in [0.5, 0.6) is 11.5 Å². The molecule has 0 aliphatic rings. The summed E-state index contributed by atoms with van der Waals surface area (Å²) in [6.45, 7) is 0. The molecule has 0 saturated heterocycles. The summed E-state index contributed by atoms with van der Waals surface area (Å²) in [7, 11) is 3.09. The predicted molar refractivity (Wildman–Crippen MR) is 89.1 cm³/mol. The fourth-order valence-corrected chi connectivity index (χ4v) is 2.62. The minimum absolute atomic E-state index is 0.0222. The molecule has 0 aliphatic carbocycles. The lowest BCUT2D eigenvalue weighted by atomic mass is 10.1. The standard InChI is InChI=1S/C18H16N2O4/c1-23-14-10-6-9-13(17(14)24-2)20-11-19-15(18(21)22)16(20)12-7-4-3-5-8-12/h3-11H,1-2H3,(H,21,22). The number of aromatic nitrogens is 2. The number of aromatic carboxylic acids is 1. The lowest BCUT2D eigenvalue weighted by Crippen LogP contribution is -2.04. The summed E-state index contributed by atoms with van der Waals surface area (Å²) in [5, 5.41) is 9.48. The molecule has 0 fully saturated rings. The van der Waals surface area contributed by atoms with Gasteiger partial charge in [0.1, 0.15) is 6.33 Å². The number of hydrogen-bond donors (Lipinski definition) is 1. The Morgan fingerprint density at radius 3 is 2.42 bits per heavy atom. The number of para-hydroxylation sites is 1. The molecule has 1 N–H and O–H groups in total. The molecule has 3 aromatic rings. The number of ether oxygens (including phenoxy) is 2. The molecule has 0 atom stereocenters. The Hall–Kier alpha value is -3.28. The molecule has 6 nitrogen and oxygen atoms in total. The van der Waals surface area contributed by atoms with E-state index in [1.165, 1.54) is 6.33 Å². The first-order chi connectivity index (χ1) is 11.7. The molecule has 3 rings (SSSR count). The smallest absolute Gasteiger partial charge is 0.356 e. The van der Waals surface area contributed by atoms with Crippen molar-refractivity contribution in [1.29, 1.82) is 0 Å². The summed E-state index contributed by atoms with van der Waals surface area (Å²) < 4.78 is 12.5. The third kappa shape index (κ3) is 2.58. The Balaban J connectivity index is 2.29. The van der Waals surface area contributed by atoms with Gasteiger partial charge in [0.2, 0.25) is 0 Å². The highest BCUT2D eigenvalue weighted by Gasteiger charge is 2.22. The maximum absolute atomic E-state index is 11.6.